The van der Waals surface area contributed by atoms with Gasteiger partial charge in [0.1, 0.15) is 6.61 Å². The van der Waals surface area contributed by atoms with Crippen LogP contribution in [0.4, 0.5) is 5.69 Å². The molecule has 1 atom stereocenters. The minimum absolute atomic E-state index is 0.214. The summed E-state index contributed by atoms with van der Waals surface area (Å²) in [5.74, 6) is 0.988. The molecule has 1 amide bonds. The summed E-state index contributed by atoms with van der Waals surface area (Å²) >= 11 is 5.38. The van der Waals surface area contributed by atoms with Crippen LogP contribution in [0.1, 0.15) is 24.1 Å². The van der Waals surface area contributed by atoms with E-state index >= 15 is 0 Å². The van der Waals surface area contributed by atoms with E-state index < -0.39 is 6.04 Å². The SMILES string of the molecule is COc1ccc([C@H]2NC(=S)NC(C)=C2C(=O)Nc2ccccc2)cc1OCc1ccccc1. The van der Waals surface area contributed by atoms with Crippen LogP contribution in [0, 0.1) is 0 Å². The maximum atomic E-state index is 13.2. The van der Waals surface area contributed by atoms with Crippen LogP contribution < -0.4 is 25.4 Å². The van der Waals surface area contributed by atoms with Crippen molar-refractivity contribution in [2.45, 2.75) is 19.6 Å². The smallest absolute Gasteiger partial charge is 0.255 e. The Morgan fingerprint density at radius 2 is 1.70 bits per heavy atom. The third-order valence-electron chi connectivity index (χ3n) is 5.30. The molecule has 1 aliphatic rings. The standard InChI is InChI=1S/C26H25N3O3S/c1-17-23(25(30)28-20-11-7-4-8-12-20)24(29-26(33)27-17)19-13-14-21(31-2)22(15-19)32-16-18-9-5-3-6-10-18/h3-15,24H,16H2,1-2H3,(H,28,30)(H2,27,29,33)/t24-/m1/s1. The summed E-state index contributed by atoms with van der Waals surface area (Å²) in [7, 11) is 1.60. The van der Waals surface area contributed by atoms with Gasteiger partial charge in [0.15, 0.2) is 16.6 Å². The second-order valence-corrected chi connectivity index (χ2v) is 7.98. The van der Waals surface area contributed by atoms with E-state index in [1.165, 1.54) is 0 Å². The normalized spacial score (nSPS) is 15.3. The summed E-state index contributed by atoms with van der Waals surface area (Å²) < 4.78 is 11.6. The highest BCUT2D eigenvalue weighted by molar-refractivity contribution is 7.80. The number of para-hydroxylation sites is 1. The number of anilines is 1. The summed E-state index contributed by atoms with van der Waals surface area (Å²) in [6, 6.07) is 24.4. The Labute approximate surface area is 198 Å². The molecule has 1 aliphatic heterocycles. The van der Waals surface area contributed by atoms with E-state index in [2.05, 4.69) is 16.0 Å². The molecule has 0 bridgehead atoms. The Kier molecular flexibility index (Phi) is 6.90. The Balaban J connectivity index is 1.64. The number of hydrogen-bond acceptors (Lipinski definition) is 4. The molecule has 0 saturated carbocycles. The van der Waals surface area contributed by atoms with Gasteiger partial charge in [-0.1, -0.05) is 54.6 Å². The zero-order valence-electron chi connectivity index (χ0n) is 18.4. The molecule has 3 N–H and O–H groups in total. The summed E-state index contributed by atoms with van der Waals surface area (Å²) in [5.41, 5.74) is 3.84. The van der Waals surface area contributed by atoms with Crippen LogP contribution in [-0.2, 0) is 11.4 Å². The maximum absolute atomic E-state index is 13.2. The molecule has 0 radical (unpaired) electrons. The second kappa shape index (κ2) is 10.2. The van der Waals surface area contributed by atoms with Gasteiger partial charge < -0.3 is 25.4 Å². The minimum atomic E-state index is -0.451. The van der Waals surface area contributed by atoms with Crippen molar-refractivity contribution in [2.24, 2.45) is 0 Å². The number of thiocarbonyl (C=S) groups is 1. The summed E-state index contributed by atoms with van der Waals surface area (Å²) in [6.07, 6.45) is 0. The van der Waals surface area contributed by atoms with Crippen molar-refractivity contribution in [2.75, 3.05) is 12.4 Å². The summed E-state index contributed by atoms with van der Waals surface area (Å²) in [5, 5.41) is 9.71. The highest BCUT2D eigenvalue weighted by Gasteiger charge is 2.30. The topological polar surface area (TPSA) is 71.6 Å². The fourth-order valence-corrected chi connectivity index (χ4v) is 3.96. The van der Waals surface area contributed by atoms with Gasteiger partial charge in [-0.15, -0.1) is 0 Å². The predicted molar refractivity (Wildman–Crippen MR) is 133 cm³/mol. The third kappa shape index (κ3) is 5.32. The highest BCUT2D eigenvalue weighted by atomic mass is 32.1. The predicted octanol–water partition coefficient (Wildman–Crippen LogP) is 4.71. The first-order chi connectivity index (χ1) is 16.0. The number of nitrogens with one attached hydrogen (secondary N) is 3. The molecule has 0 aliphatic carbocycles. The van der Waals surface area contributed by atoms with Crippen molar-refractivity contribution in [1.29, 1.82) is 0 Å². The number of carbonyl (C=O) groups excluding carboxylic acids is 1. The summed E-state index contributed by atoms with van der Waals surface area (Å²) in [4.78, 5) is 13.2. The lowest BCUT2D eigenvalue weighted by atomic mass is 9.94. The Morgan fingerprint density at radius 1 is 1.00 bits per heavy atom. The highest BCUT2D eigenvalue weighted by Crippen LogP contribution is 2.35. The van der Waals surface area contributed by atoms with Gasteiger partial charge in [0.2, 0.25) is 0 Å². The number of amides is 1. The zero-order valence-corrected chi connectivity index (χ0v) is 19.2. The van der Waals surface area contributed by atoms with Crippen molar-refractivity contribution in [3.05, 3.63) is 101 Å². The molecule has 0 aromatic heterocycles. The number of ether oxygens (including phenoxy) is 2. The Morgan fingerprint density at radius 3 is 2.39 bits per heavy atom. The maximum Gasteiger partial charge on any atom is 0.255 e. The van der Waals surface area contributed by atoms with Gasteiger partial charge in [-0.2, -0.15) is 0 Å². The lowest BCUT2D eigenvalue weighted by molar-refractivity contribution is -0.113. The van der Waals surface area contributed by atoms with Crippen molar-refractivity contribution in [3.63, 3.8) is 0 Å². The van der Waals surface area contributed by atoms with Crippen LogP contribution in [0.5, 0.6) is 11.5 Å². The molecule has 168 valence electrons. The van der Waals surface area contributed by atoms with Gasteiger partial charge in [-0.05, 0) is 54.5 Å². The molecule has 0 fully saturated rings. The molecule has 0 spiro atoms. The lowest BCUT2D eigenvalue weighted by Crippen LogP contribution is -2.45. The second-order valence-electron chi connectivity index (χ2n) is 7.57. The monoisotopic (exact) mass is 459 g/mol. The molecule has 7 heteroatoms. The fourth-order valence-electron chi connectivity index (χ4n) is 3.69. The van der Waals surface area contributed by atoms with Crippen LogP contribution in [0.25, 0.3) is 0 Å². The van der Waals surface area contributed by atoms with Crippen molar-refractivity contribution >= 4 is 28.9 Å². The molecule has 3 aromatic carbocycles. The van der Waals surface area contributed by atoms with Crippen LogP contribution in [0.2, 0.25) is 0 Å². The largest absolute Gasteiger partial charge is 0.493 e. The number of methoxy groups -OCH3 is 1. The molecule has 0 unspecified atom stereocenters. The zero-order chi connectivity index (χ0) is 23.2. The first kappa shape index (κ1) is 22.4. The van der Waals surface area contributed by atoms with E-state index in [0.29, 0.717) is 34.5 Å². The average molecular weight is 460 g/mol. The molecule has 4 rings (SSSR count). The minimum Gasteiger partial charge on any atom is -0.493 e. The van der Waals surface area contributed by atoms with Gasteiger partial charge in [0, 0.05) is 11.4 Å². The van der Waals surface area contributed by atoms with E-state index in [-0.39, 0.29) is 5.91 Å². The van der Waals surface area contributed by atoms with Gasteiger partial charge in [0.05, 0.1) is 18.7 Å². The molecule has 0 saturated heterocycles. The Hall–Kier alpha value is -3.84. The van der Waals surface area contributed by atoms with Gasteiger partial charge in [-0.3, -0.25) is 4.79 Å². The van der Waals surface area contributed by atoms with Gasteiger partial charge in [-0.25, -0.2) is 0 Å². The average Bonchev–Trinajstić information content (AvgIpc) is 2.83. The first-order valence-electron chi connectivity index (χ1n) is 10.5. The molecule has 1 heterocycles. The van der Waals surface area contributed by atoms with Crippen molar-refractivity contribution in [1.82, 2.24) is 10.6 Å². The van der Waals surface area contributed by atoms with Crippen LogP contribution in [-0.4, -0.2) is 18.1 Å². The van der Waals surface area contributed by atoms with Crippen LogP contribution in [0.3, 0.4) is 0 Å². The van der Waals surface area contributed by atoms with Crippen LogP contribution >= 0.6 is 12.2 Å². The molecule has 33 heavy (non-hydrogen) atoms. The van der Waals surface area contributed by atoms with Crippen molar-refractivity contribution in [3.8, 4) is 11.5 Å². The number of carbonyl (C=O) groups is 1. The van der Waals surface area contributed by atoms with E-state index in [1.807, 2.05) is 85.8 Å². The molecule has 3 aromatic rings. The number of allylic oxidation sites excluding steroid dienone is 1. The first-order valence-corrected chi connectivity index (χ1v) is 11.0. The van der Waals surface area contributed by atoms with E-state index in [4.69, 9.17) is 21.7 Å². The number of rotatable bonds is 7. The van der Waals surface area contributed by atoms with E-state index in [1.54, 1.807) is 7.11 Å². The quantitative estimate of drug-likeness (QED) is 0.445. The van der Waals surface area contributed by atoms with Crippen LogP contribution in [0.15, 0.2) is 90.1 Å². The third-order valence-corrected chi connectivity index (χ3v) is 5.52. The van der Waals surface area contributed by atoms with E-state index in [9.17, 15) is 4.79 Å². The number of hydrogen-bond donors (Lipinski definition) is 3. The molecule has 6 nitrogen and oxygen atoms in total. The summed E-state index contributed by atoms with van der Waals surface area (Å²) in [6.45, 7) is 2.24. The number of benzene rings is 3. The van der Waals surface area contributed by atoms with Gasteiger partial charge >= 0.3 is 0 Å². The van der Waals surface area contributed by atoms with Gasteiger partial charge in [0.25, 0.3) is 5.91 Å². The van der Waals surface area contributed by atoms with Crippen molar-refractivity contribution < 1.29 is 14.3 Å². The lowest BCUT2D eigenvalue weighted by Gasteiger charge is -2.30. The molecular weight excluding hydrogens is 434 g/mol. The molecular formula is C26H25N3O3S. The Bertz CT molecular complexity index is 1180. The van der Waals surface area contributed by atoms with E-state index in [0.717, 1.165) is 16.8 Å². The fraction of sp³-hybridized carbons (Fsp3) is 0.154.